The van der Waals surface area contributed by atoms with Crippen molar-refractivity contribution in [3.8, 4) is 5.75 Å². The number of fused-ring (bicyclic) bond motifs is 1. The normalized spacial score (nSPS) is 13.1. The maximum absolute atomic E-state index is 13.3. The standard InChI is InChI=1S/C44H38N2O3/c47-43(48)40(46-44(35-21-10-3-11-22-35,36-23-12-4-13-24-36)37-25-14-5-15-26-37)31-34-28-29-39(42-38(34)27-16-30-49-42)45-41(32-17-6-1-7-18-32)33-19-8-2-9-20-33/h1-15,17-26,28-29,40,46H,16,27,30-31H2,(H,47,48)/t40-/m0/s1. The molecule has 0 radical (unpaired) electrons. The number of nitrogens with one attached hydrogen (secondary N) is 1. The second kappa shape index (κ2) is 14.5. The highest BCUT2D eigenvalue weighted by atomic mass is 16.5. The van der Waals surface area contributed by atoms with Crippen molar-refractivity contribution in [1.82, 2.24) is 5.32 Å². The Morgan fingerprint density at radius 3 is 1.61 bits per heavy atom. The minimum Gasteiger partial charge on any atom is -0.491 e. The van der Waals surface area contributed by atoms with Gasteiger partial charge in [-0.05, 0) is 53.1 Å². The van der Waals surface area contributed by atoms with E-state index < -0.39 is 17.6 Å². The fourth-order valence-electron chi connectivity index (χ4n) is 6.90. The molecule has 5 nitrogen and oxygen atoms in total. The molecule has 6 aromatic rings. The van der Waals surface area contributed by atoms with E-state index in [-0.39, 0.29) is 6.42 Å². The number of aliphatic imine (C=N–C) groups is 1. The van der Waals surface area contributed by atoms with Gasteiger partial charge < -0.3 is 9.84 Å². The van der Waals surface area contributed by atoms with Crippen molar-refractivity contribution in [3.05, 3.63) is 203 Å². The van der Waals surface area contributed by atoms with Crippen LogP contribution in [0.2, 0.25) is 0 Å². The monoisotopic (exact) mass is 642 g/mol. The summed E-state index contributed by atoms with van der Waals surface area (Å²) in [6, 6.07) is 53.7. The summed E-state index contributed by atoms with van der Waals surface area (Å²) in [5, 5.41) is 14.5. The average Bonchev–Trinajstić information content (AvgIpc) is 3.17. The summed E-state index contributed by atoms with van der Waals surface area (Å²) >= 11 is 0. The van der Waals surface area contributed by atoms with Crippen molar-refractivity contribution >= 4 is 17.4 Å². The van der Waals surface area contributed by atoms with E-state index in [0.29, 0.717) is 6.61 Å². The Morgan fingerprint density at radius 1 is 0.673 bits per heavy atom. The first-order chi connectivity index (χ1) is 24.1. The SMILES string of the molecule is O=C(O)[C@H](Cc1ccc(N=C(c2ccccc2)c2ccccc2)c2c1CCCO2)NC(c1ccccc1)(c1ccccc1)c1ccccc1. The van der Waals surface area contributed by atoms with Crippen LogP contribution in [0.5, 0.6) is 5.75 Å². The number of carboxylic acids is 1. The molecule has 0 amide bonds. The number of carboxylic acid groups (broad SMARTS) is 1. The summed E-state index contributed by atoms with van der Waals surface area (Å²) in [7, 11) is 0. The topological polar surface area (TPSA) is 70.9 Å². The lowest BCUT2D eigenvalue weighted by Gasteiger charge is -2.39. The molecule has 0 saturated heterocycles. The van der Waals surface area contributed by atoms with Crippen LogP contribution < -0.4 is 10.1 Å². The van der Waals surface area contributed by atoms with E-state index in [0.717, 1.165) is 68.9 Å². The Bertz CT molecular complexity index is 1890. The predicted molar refractivity (Wildman–Crippen MR) is 196 cm³/mol. The van der Waals surface area contributed by atoms with Gasteiger partial charge in [0.2, 0.25) is 0 Å². The summed E-state index contributed by atoms with van der Waals surface area (Å²) in [5.74, 6) is -0.187. The van der Waals surface area contributed by atoms with Crippen molar-refractivity contribution in [2.75, 3.05) is 6.61 Å². The second-order valence-electron chi connectivity index (χ2n) is 12.3. The number of rotatable bonds is 11. The molecule has 0 aromatic heterocycles. The molecule has 0 bridgehead atoms. The number of benzene rings is 6. The van der Waals surface area contributed by atoms with Crippen molar-refractivity contribution < 1.29 is 14.6 Å². The summed E-state index contributed by atoms with van der Waals surface area (Å²) in [6.45, 7) is 0.588. The molecule has 6 aromatic carbocycles. The summed E-state index contributed by atoms with van der Waals surface area (Å²) in [4.78, 5) is 18.5. The molecular formula is C44H38N2O3. The van der Waals surface area contributed by atoms with E-state index in [4.69, 9.17) is 9.73 Å². The summed E-state index contributed by atoms with van der Waals surface area (Å²) in [5.41, 5.74) is 7.54. The summed E-state index contributed by atoms with van der Waals surface area (Å²) in [6.07, 6.45) is 1.90. The number of carbonyl (C=O) groups is 1. The van der Waals surface area contributed by atoms with E-state index in [1.54, 1.807) is 0 Å². The average molecular weight is 643 g/mol. The molecule has 0 fully saturated rings. The number of hydrogen-bond acceptors (Lipinski definition) is 4. The first-order valence-corrected chi connectivity index (χ1v) is 16.8. The maximum atomic E-state index is 13.3. The molecule has 7 rings (SSSR count). The van der Waals surface area contributed by atoms with E-state index >= 15 is 0 Å². The lowest BCUT2D eigenvalue weighted by Crippen LogP contribution is -2.53. The first kappa shape index (κ1) is 31.8. The van der Waals surface area contributed by atoms with Crippen LogP contribution in [0.1, 0.15) is 45.4 Å². The van der Waals surface area contributed by atoms with E-state index in [1.807, 2.05) is 103 Å². The van der Waals surface area contributed by atoms with Crippen LogP contribution in [0.15, 0.2) is 169 Å². The number of aliphatic carboxylic acids is 1. The smallest absolute Gasteiger partial charge is 0.321 e. The number of ether oxygens (including phenoxy) is 1. The van der Waals surface area contributed by atoms with Gasteiger partial charge in [-0.25, -0.2) is 4.99 Å². The highest BCUT2D eigenvalue weighted by molar-refractivity contribution is 6.14. The van der Waals surface area contributed by atoms with E-state index in [9.17, 15) is 9.90 Å². The Morgan fingerprint density at radius 2 is 1.14 bits per heavy atom. The third-order valence-corrected chi connectivity index (χ3v) is 9.21. The van der Waals surface area contributed by atoms with Crippen LogP contribution in [0, 0.1) is 0 Å². The van der Waals surface area contributed by atoms with Crippen molar-refractivity contribution in [3.63, 3.8) is 0 Å². The second-order valence-corrected chi connectivity index (χ2v) is 12.3. The van der Waals surface area contributed by atoms with Gasteiger partial charge in [0.1, 0.15) is 17.5 Å². The molecule has 5 heteroatoms. The molecule has 0 aliphatic carbocycles. The van der Waals surface area contributed by atoms with Gasteiger partial charge in [0, 0.05) is 11.1 Å². The molecule has 49 heavy (non-hydrogen) atoms. The molecule has 1 heterocycles. The van der Waals surface area contributed by atoms with Crippen LogP contribution >= 0.6 is 0 Å². The van der Waals surface area contributed by atoms with Gasteiger partial charge in [-0.15, -0.1) is 0 Å². The molecule has 0 spiro atoms. The Kier molecular flexibility index (Phi) is 9.44. The van der Waals surface area contributed by atoms with Crippen LogP contribution in [-0.2, 0) is 23.2 Å². The maximum Gasteiger partial charge on any atom is 0.321 e. The van der Waals surface area contributed by atoms with E-state index in [2.05, 4.69) is 66.0 Å². The van der Waals surface area contributed by atoms with Gasteiger partial charge in [-0.3, -0.25) is 10.1 Å². The Hall–Kier alpha value is -5.78. The zero-order chi connectivity index (χ0) is 33.5. The van der Waals surface area contributed by atoms with Gasteiger partial charge in [-0.1, -0.05) is 158 Å². The molecule has 1 aliphatic heterocycles. The first-order valence-electron chi connectivity index (χ1n) is 16.8. The van der Waals surface area contributed by atoms with Gasteiger partial charge in [0.15, 0.2) is 0 Å². The minimum absolute atomic E-state index is 0.267. The van der Waals surface area contributed by atoms with Crippen LogP contribution in [-0.4, -0.2) is 29.4 Å². The fraction of sp³-hybridized carbons (Fsp3) is 0.136. The molecule has 0 saturated carbocycles. The van der Waals surface area contributed by atoms with Gasteiger partial charge in [0.25, 0.3) is 0 Å². The molecule has 1 atom stereocenters. The lowest BCUT2D eigenvalue weighted by atomic mass is 9.76. The predicted octanol–water partition coefficient (Wildman–Crippen LogP) is 8.76. The molecular weight excluding hydrogens is 604 g/mol. The third kappa shape index (κ3) is 6.67. The van der Waals surface area contributed by atoms with Gasteiger partial charge in [-0.2, -0.15) is 0 Å². The molecule has 242 valence electrons. The van der Waals surface area contributed by atoms with Gasteiger partial charge in [0.05, 0.1) is 17.9 Å². The largest absolute Gasteiger partial charge is 0.491 e. The Balaban J connectivity index is 1.32. The lowest BCUT2D eigenvalue weighted by molar-refractivity contribution is -0.139. The van der Waals surface area contributed by atoms with Crippen molar-refractivity contribution in [2.45, 2.75) is 30.8 Å². The highest BCUT2D eigenvalue weighted by Gasteiger charge is 2.40. The Labute approximate surface area is 287 Å². The number of hydrogen-bond donors (Lipinski definition) is 2. The molecule has 1 aliphatic rings. The zero-order valence-corrected chi connectivity index (χ0v) is 27.2. The third-order valence-electron chi connectivity index (χ3n) is 9.21. The van der Waals surface area contributed by atoms with Crippen LogP contribution in [0.3, 0.4) is 0 Å². The molecule has 0 unspecified atom stereocenters. The summed E-state index contributed by atoms with van der Waals surface area (Å²) < 4.78 is 6.34. The minimum atomic E-state index is -0.926. The van der Waals surface area contributed by atoms with Crippen molar-refractivity contribution in [1.29, 1.82) is 0 Å². The highest BCUT2D eigenvalue weighted by Crippen LogP contribution is 2.41. The number of nitrogens with zero attached hydrogens (tertiary/aromatic N) is 1. The van der Waals surface area contributed by atoms with Gasteiger partial charge >= 0.3 is 5.97 Å². The van der Waals surface area contributed by atoms with E-state index in [1.165, 1.54) is 0 Å². The van der Waals surface area contributed by atoms with Crippen molar-refractivity contribution in [2.24, 2.45) is 4.99 Å². The van der Waals surface area contributed by atoms with Crippen LogP contribution in [0.4, 0.5) is 5.69 Å². The molecule has 2 N–H and O–H groups in total. The zero-order valence-electron chi connectivity index (χ0n) is 27.2. The van der Waals surface area contributed by atoms with Crippen LogP contribution in [0.25, 0.3) is 0 Å². The fourth-order valence-corrected chi connectivity index (χ4v) is 6.90. The quantitative estimate of drug-likeness (QED) is 0.110.